The Labute approximate surface area is 142 Å². The number of benzene rings is 2. The standard InChI is InChI=1S/C18H14F3N3O/c1-11(15-7-4-13(20)10-16(15)21)23-18-22-9-8-17(24-18)25-14-5-2-12(19)3-6-14/h2-11H,1H3,(H,22,23,24). The molecule has 1 N–H and O–H groups in total. The summed E-state index contributed by atoms with van der Waals surface area (Å²) in [6.07, 6.45) is 1.47. The number of nitrogens with one attached hydrogen (secondary N) is 1. The lowest BCUT2D eigenvalue weighted by atomic mass is 10.1. The number of rotatable bonds is 5. The maximum absolute atomic E-state index is 13.8. The Kier molecular flexibility index (Phi) is 4.83. The molecule has 0 saturated carbocycles. The summed E-state index contributed by atoms with van der Waals surface area (Å²) in [5, 5.41) is 2.93. The highest BCUT2D eigenvalue weighted by Crippen LogP contribution is 2.23. The number of nitrogens with zero attached hydrogens (tertiary/aromatic N) is 2. The molecule has 1 unspecified atom stereocenters. The van der Waals surface area contributed by atoms with E-state index in [2.05, 4.69) is 15.3 Å². The average molecular weight is 345 g/mol. The molecule has 0 bridgehead atoms. The first-order valence-electron chi connectivity index (χ1n) is 7.49. The van der Waals surface area contributed by atoms with Gasteiger partial charge in [-0.3, -0.25) is 0 Å². The summed E-state index contributed by atoms with van der Waals surface area (Å²) in [4.78, 5) is 8.22. The highest BCUT2D eigenvalue weighted by molar-refractivity contribution is 5.35. The Morgan fingerprint density at radius 1 is 0.960 bits per heavy atom. The van der Waals surface area contributed by atoms with Crippen LogP contribution in [0.1, 0.15) is 18.5 Å². The zero-order valence-electron chi connectivity index (χ0n) is 13.2. The van der Waals surface area contributed by atoms with Crippen molar-refractivity contribution in [2.75, 3.05) is 5.32 Å². The largest absolute Gasteiger partial charge is 0.439 e. The molecule has 0 radical (unpaired) electrons. The van der Waals surface area contributed by atoms with Crippen molar-refractivity contribution in [2.45, 2.75) is 13.0 Å². The zero-order chi connectivity index (χ0) is 17.8. The molecule has 1 atom stereocenters. The third-order valence-electron chi connectivity index (χ3n) is 3.44. The zero-order valence-corrected chi connectivity index (χ0v) is 13.2. The summed E-state index contributed by atoms with van der Waals surface area (Å²) in [6.45, 7) is 1.70. The molecule has 4 nitrogen and oxygen atoms in total. The Balaban J connectivity index is 1.73. The highest BCUT2D eigenvalue weighted by Gasteiger charge is 2.13. The molecule has 1 aromatic heterocycles. The first-order chi connectivity index (χ1) is 12.0. The van der Waals surface area contributed by atoms with E-state index in [9.17, 15) is 13.2 Å². The van der Waals surface area contributed by atoms with Crippen LogP contribution >= 0.6 is 0 Å². The minimum absolute atomic E-state index is 0.218. The fraction of sp³-hybridized carbons (Fsp3) is 0.111. The van der Waals surface area contributed by atoms with E-state index in [-0.39, 0.29) is 23.2 Å². The maximum atomic E-state index is 13.8. The second kappa shape index (κ2) is 7.21. The van der Waals surface area contributed by atoms with Gasteiger partial charge in [-0.1, -0.05) is 6.07 Å². The summed E-state index contributed by atoms with van der Waals surface area (Å²) in [7, 11) is 0. The smallest absolute Gasteiger partial charge is 0.226 e. The fourth-order valence-electron chi connectivity index (χ4n) is 2.22. The van der Waals surface area contributed by atoms with Crippen molar-refractivity contribution in [2.24, 2.45) is 0 Å². The van der Waals surface area contributed by atoms with E-state index in [0.717, 1.165) is 6.07 Å². The predicted octanol–water partition coefficient (Wildman–Crippen LogP) is 4.86. The van der Waals surface area contributed by atoms with Gasteiger partial charge in [-0.05, 0) is 37.3 Å². The van der Waals surface area contributed by atoms with Gasteiger partial charge >= 0.3 is 0 Å². The first-order valence-corrected chi connectivity index (χ1v) is 7.49. The normalized spacial score (nSPS) is 11.8. The van der Waals surface area contributed by atoms with Crippen molar-refractivity contribution in [3.8, 4) is 11.6 Å². The van der Waals surface area contributed by atoms with Crippen LogP contribution in [-0.4, -0.2) is 9.97 Å². The fourth-order valence-corrected chi connectivity index (χ4v) is 2.22. The number of halogens is 3. The van der Waals surface area contributed by atoms with E-state index in [4.69, 9.17) is 4.74 Å². The minimum Gasteiger partial charge on any atom is -0.439 e. The van der Waals surface area contributed by atoms with Gasteiger partial charge in [0.1, 0.15) is 23.2 Å². The summed E-state index contributed by atoms with van der Waals surface area (Å²) < 4.78 is 45.3. The Morgan fingerprint density at radius 3 is 2.40 bits per heavy atom. The molecule has 0 aliphatic carbocycles. The predicted molar refractivity (Wildman–Crippen MR) is 86.9 cm³/mol. The molecule has 7 heteroatoms. The number of ether oxygens (including phenoxy) is 1. The van der Waals surface area contributed by atoms with E-state index in [1.165, 1.54) is 48.7 Å². The Bertz CT molecular complexity index is 872. The van der Waals surface area contributed by atoms with Crippen LogP contribution in [0.15, 0.2) is 54.7 Å². The number of hydrogen-bond donors (Lipinski definition) is 1. The van der Waals surface area contributed by atoms with Crippen LogP contribution in [0, 0.1) is 17.5 Å². The van der Waals surface area contributed by atoms with Crippen LogP contribution in [0.5, 0.6) is 11.6 Å². The summed E-state index contributed by atoms with van der Waals surface area (Å²) in [6, 6.07) is 9.92. The third-order valence-corrected chi connectivity index (χ3v) is 3.44. The van der Waals surface area contributed by atoms with Crippen molar-refractivity contribution < 1.29 is 17.9 Å². The molecule has 0 amide bonds. The van der Waals surface area contributed by atoms with Gasteiger partial charge in [-0.2, -0.15) is 4.98 Å². The molecule has 25 heavy (non-hydrogen) atoms. The van der Waals surface area contributed by atoms with Crippen molar-refractivity contribution in [1.29, 1.82) is 0 Å². The molecule has 1 heterocycles. The van der Waals surface area contributed by atoms with Crippen molar-refractivity contribution in [3.05, 3.63) is 77.7 Å². The SMILES string of the molecule is CC(Nc1nccc(Oc2ccc(F)cc2)n1)c1ccc(F)cc1F. The molecular formula is C18H14F3N3O. The van der Waals surface area contributed by atoms with Gasteiger partial charge < -0.3 is 10.1 Å². The molecule has 0 fully saturated rings. The quantitative estimate of drug-likeness (QED) is 0.717. The Morgan fingerprint density at radius 2 is 1.68 bits per heavy atom. The van der Waals surface area contributed by atoms with Crippen molar-refractivity contribution in [3.63, 3.8) is 0 Å². The molecule has 3 aromatic rings. The minimum atomic E-state index is -0.654. The lowest BCUT2D eigenvalue weighted by Gasteiger charge is -2.15. The van der Waals surface area contributed by atoms with Crippen LogP contribution < -0.4 is 10.1 Å². The molecule has 2 aromatic carbocycles. The molecular weight excluding hydrogens is 331 g/mol. The number of anilines is 1. The maximum Gasteiger partial charge on any atom is 0.226 e. The van der Waals surface area contributed by atoms with Crippen LogP contribution in [0.3, 0.4) is 0 Å². The van der Waals surface area contributed by atoms with Crippen LogP contribution in [0.25, 0.3) is 0 Å². The molecule has 3 rings (SSSR count). The second-order valence-electron chi connectivity index (χ2n) is 5.31. The van der Waals surface area contributed by atoms with Gasteiger partial charge in [0.05, 0.1) is 6.04 Å². The summed E-state index contributed by atoms with van der Waals surface area (Å²) in [5.74, 6) is -0.777. The molecule has 0 spiro atoms. The molecule has 0 aliphatic rings. The van der Waals surface area contributed by atoms with E-state index >= 15 is 0 Å². The monoisotopic (exact) mass is 345 g/mol. The van der Waals surface area contributed by atoms with Gasteiger partial charge in [0, 0.05) is 23.9 Å². The number of hydrogen-bond acceptors (Lipinski definition) is 4. The third kappa shape index (κ3) is 4.26. The second-order valence-corrected chi connectivity index (χ2v) is 5.31. The van der Waals surface area contributed by atoms with Crippen molar-refractivity contribution in [1.82, 2.24) is 9.97 Å². The van der Waals surface area contributed by atoms with Gasteiger partial charge in [0.2, 0.25) is 11.8 Å². The van der Waals surface area contributed by atoms with Gasteiger partial charge in [0.15, 0.2) is 0 Å². The summed E-state index contributed by atoms with van der Waals surface area (Å²) >= 11 is 0. The van der Waals surface area contributed by atoms with Crippen LogP contribution in [0.4, 0.5) is 19.1 Å². The van der Waals surface area contributed by atoms with Gasteiger partial charge in [-0.25, -0.2) is 18.2 Å². The van der Waals surface area contributed by atoms with E-state index in [1.807, 2.05) is 0 Å². The highest BCUT2D eigenvalue weighted by atomic mass is 19.1. The van der Waals surface area contributed by atoms with Crippen LogP contribution in [0.2, 0.25) is 0 Å². The van der Waals surface area contributed by atoms with Crippen molar-refractivity contribution >= 4 is 5.95 Å². The average Bonchev–Trinajstić information content (AvgIpc) is 2.57. The topological polar surface area (TPSA) is 47.0 Å². The van der Waals surface area contributed by atoms with E-state index in [0.29, 0.717) is 5.75 Å². The lowest BCUT2D eigenvalue weighted by Crippen LogP contribution is -2.11. The molecule has 128 valence electrons. The number of aromatic nitrogens is 2. The molecule has 0 aliphatic heterocycles. The van der Waals surface area contributed by atoms with Crippen LogP contribution in [-0.2, 0) is 0 Å². The molecule has 0 saturated heterocycles. The van der Waals surface area contributed by atoms with E-state index in [1.54, 1.807) is 6.92 Å². The lowest BCUT2D eigenvalue weighted by molar-refractivity contribution is 0.460. The summed E-state index contributed by atoms with van der Waals surface area (Å²) in [5.41, 5.74) is 0.287. The van der Waals surface area contributed by atoms with E-state index < -0.39 is 17.7 Å². The van der Waals surface area contributed by atoms with Gasteiger partial charge in [-0.15, -0.1) is 0 Å². The Hall–Kier alpha value is -3.09. The van der Waals surface area contributed by atoms with Gasteiger partial charge in [0.25, 0.3) is 0 Å². The first kappa shape index (κ1) is 16.8.